The number of nitrogens with one attached hydrogen (secondary N) is 2. The topological polar surface area (TPSA) is 98.4 Å². The number of methoxy groups -OCH3 is 3. The molecule has 2 aromatic carbocycles. The SMILES string of the molecule is COc1cc(NC(=O)Nc2ccc3c(c2)N(CCC(C)C)C(=O)C(C)(C)CO3)cc(OC)c1OC. The lowest BCUT2D eigenvalue weighted by atomic mass is 9.92. The number of benzene rings is 2. The van der Waals surface area contributed by atoms with Gasteiger partial charge in [0, 0.05) is 24.4 Å². The van der Waals surface area contributed by atoms with Crippen LogP contribution in [0.3, 0.4) is 0 Å². The number of fused-ring (bicyclic) bond motifs is 1. The molecular weight excluding hydrogens is 450 g/mol. The number of carbonyl (C=O) groups excluding carboxylic acids is 2. The third kappa shape index (κ3) is 5.90. The van der Waals surface area contributed by atoms with Crippen LogP contribution in [0, 0.1) is 11.3 Å². The Labute approximate surface area is 206 Å². The Morgan fingerprint density at radius 2 is 1.66 bits per heavy atom. The van der Waals surface area contributed by atoms with E-state index in [-0.39, 0.29) is 12.5 Å². The normalized spacial score (nSPS) is 14.5. The summed E-state index contributed by atoms with van der Waals surface area (Å²) in [7, 11) is 4.53. The third-order valence-electron chi connectivity index (χ3n) is 5.77. The molecule has 1 aliphatic rings. The average Bonchev–Trinajstić information content (AvgIpc) is 2.90. The molecule has 0 saturated heterocycles. The molecule has 35 heavy (non-hydrogen) atoms. The number of hydrogen-bond donors (Lipinski definition) is 2. The van der Waals surface area contributed by atoms with Gasteiger partial charge in [-0.15, -0.1) is 0 Å². The molecule has 0 unspecified atom stereocenters. The Hall–Kier alpha value is -3.62. The summed E-state index contributed by atoms with van der Waals surface area (Å²) in [6.07, 6.45) is 0.848. The summed E-state index contributed by atoms with van der Waals surface area (Å²) < 4.78 is 22.0. The maximum atomic E-state index is 13.3. The minimum Gasteiger partial charge on any atom is -0.493 e. The van der Waals surface area contributed by atoms with E-state index in [0.717, 1.165) is 6.42 Å². The first-order chi connectivity index (χ1) is 16.6. The van der Waals surface area contributed by atoms with Gasteiger partial charge in [-0.25, -0.2) is 4.79 Å². The van der Waals surface area contributed by atoms with Crippen molar-refractivity contribution in [2.24, 2.45) is 11.3 Å². The number of hydrogen-bond acceptors (Lipinski definition) is 6. The van der Waals surface area contributed by atoms with Crippen molar-refractivity contribution in [3.63, 3.8) is 0 Å². The number of carbonyl (C=O) groups is 2. The van der Waals surface area contributed by atoms with Gasteiger partial charge in [0.2, 0.25) is 11.7 Å². The Morgan fingerprint density at radius 3 is 2.23 bits per heavy atom. The van der Waals surface area contributed by atoms with Gasteiger partial charge in [-0.3, -0.25) is 4.79 Å². The quantitative estimate of drug-likeness (QED) is 0.536. The molecule has 2 N–H and O–H groups in total. The standard InChI is InChI=1S/C26H35N3O6/c1-16(2)10-11-29-19-12-17(8-9-20(19)35-15-26(3,4)24(29)30)27-25(31)28-18-13-21(32-5)23(34-7)22(14-18)33-6/h8-9,12-14,16H,10-11,15H2,1-7H3,(H2,27,28,31). The molecule has 9 heteroatoms. The van der Waals surface area contributed by atoms with Gasteiger partial charge in [-0.05, 0) is 44.4 Å². The van der Waals surface area contributed by atoms with Crippen LogP contribution in [0.15, 0.2) is 30.3 Å². The number of nitrogens with zero attached hydrogens (tertiary/aromatic N) is 1. The number of ether oxygens (including phenoxy) is 4. The highest BCUT2D eigenvalue weighted by Crippen LogP contribution is 2.41. The van der Waals surface area contributed by atoms with E-state index in [0.29, 0.717) is 52.5 Å². The van der Waals surface area contributed by atoms with Crippen molar-refractivity contribution >= 4 is 29.0 Å². The van der Waals surface area contributed by atoms with Crippen molar-refractivity contribution in [3.05, 3.63) is 30.3 Å². The summed E-state index contributed by atoms with van der Waals surface area (Å²) >= 11 is 0. The smallest absolute Gasteiger partial charge is 0.323 e. The lowest BCUT2D eigenvalue weighted by Crippen LogP contribution is -2.42. The summed E-state index contributed by atoms with van der Waals surface area (Å²) in [5, 5.41) is 5.61. The van der Waals surface area contributed by atoms with E-state index in [9.17, 15) is 9.59 Å². The van der Waals surface area contributed by atoms with Gasteiger partial charge < -0.3 is 34.5 Å². The monoisotopic (exact) mass is 485 g/mol. The second-order valence-electron chi connectivity index (χ2n) is 9.49. The lowest BCUT2D eigenvalue weighted by molar-refractivity contribution is -0.127. The molecule has 0 aliphatic carbocycles. The fraction of sp³-hybridized carbons (Fsp3) is 0.462. The maximum Gasteiger partial charge on any atom is 0.323 e. The van der Waals surface area contributed by atoms with Gasteiger partial charge in [0.05, 0.1) is 38.1 Å². The largest absolute Gasteiger partial charge is 0.493 e. The first-order valence-electron chi connectivity index (χ1n) is 11.6. The molecule has 2 aromatic rings. The van der Waals surface area contributed by atoms with Crippen LogP contribution >= 0.6 is 0 Å². The predicted molar refractivity (Wildman–Crippen MR) is 136 cm³/mol. The molecule has 0 spiro atoms. The number of urea groups is 1. The zero-order valence-corrected chi connectivity index (χ0v) is 21.5. The number of anilines is 3. The maximum absolute atomic E-state index is 13.3. The Balaban J connectivity index is 1.84. The molecule has 9 nitrogen and oxygen atoms in total. The van der Waals surface area contributed by atoms with Crippen molar-refractivity contribution in [3.8, 4) is 23.0 Å². The van der Waals surface area contributed by atoms with Crippen molar-refractivity contribution in [1.29, 1.82) is 0 Å². The molecule has 0 radical (unpaired) electrons. The molecule has 0 saturated carbocycles. The molecule has 0 bridgehead atoms. The average molecular weight is 486 g/mol. The van der Waals surface area contributed by atoms with Gasteiger partial charge in [0.15, 0.2) is 11.5 Å². The summed E-state index contributed by atoms with van der Waals surface area (Å²) in [4.78, 5) is 27.9. The van der Waals surface area contributed by atoms with E-state index in [4.69, 9.17) is 18.9 Å². The van der Waals surface area contributed by atoms with Gasteiger partial charge in [0.1, 0.15) is 12.4 Å². The molecule has 0 atom stereocenters. The fourth-order valence-electron chi connectivity index (χ4n) is 3.78. The van der Waals surface area contributed by atoms with Gasteiger partial charge in [-0.2, -0.15) is 0 Å². The summed E-state index contributed by atoms with van der Waals surface area (Å²) in [6.45, 7) is 8.86. The second-order valence-corrected chi connectivity index (χ2v) is 9.49. The van der Waals surface area contributed by atoms with E-state index >= 15 is 0 Å². The Kier molecular flexibility index (Phi) is 7.99. The first-order valence-corrected chi connectivity index (χ1v) is 11.6. The van der Waals surface area contributed by atoms with E-state index < -0.39 is 11.4 Å². The van der Waals surface area contributed by atoms with Crippen LogP contribution in [0.1, 0.15) is 34.1 Å². The molecule has 1 aliphatic heterocycles. The van der Waals surface area contributed by atoms with E-state index in [1.54, 1.807) is 35.2 Å². The highest BCUT2D eigenvalue weighted by Gasteiger charge is 2.37. The van der Waals surface area contributed by atoms with E-state index in [1.807, 2.05) is 13.8 Å². The predicted octanol–water partition coefficient (Wildman–Crippen LogP) is 5.15. The lowest BCUT2D eigenvalue weighted by Gasteiger charge is -2.28. The molecule has 190 valence electrons. The number of amides is 3. The number of rotatable bonds is 8. The molecule has 0 fully saturated rings. The van der Waals surface area contributed by atoms with Gasteiger partial charge >= 0.3 is 6.03 Å². The van der Waals surface area contributed by atoms with Crippen LogP contribution in [0.4, 0.5) is 21.9 Å². The second kappa shape index (κ2) is 10.8. The van der Waals surface area contributed by atoms with E-state index in [2.05, 4.69) is 24.5 Å². The van der Waals surface area contributed by atoms with Crippen LogP contribution < -0.4 is 34.5 Å². The van der Waals surface area contributed by atoms with Crippen LogP contribution in [-0.2, 0) is 4.79 Å². The minimum atomic E-state index is -0.659. The Bertz CT molecular complexity index is 1060. The Morgan fingerprint density at radius 1 is 1.03 bits per heavy atom. The molecule has 0 aromatic heterocycles. The van der Waals surface area contributed by atoms with Crippen LogP contribution in [0.5, 0.6) is 23.0 Å². The van der Waals surface area contributed by atoms with Crippen LogP contribution in [0.2, 0.25) is 0 Å². The summed E-state index contributed by atoms with van der Waals surface area (Å²) in [6, 6.07) is 8.11. The van der Waals surface area contributed by atoms with Crippen molar-refractivity contribution in [2.75, 3.05) is 50.0 Å². The van der Waals surface area contributed by atoms with Crippen molar-refractivity contribution < 1.29 is 28.5 Å². The van der Waals surface area contributed by atoms with Crippen molar-refractivity contribution in [1.82, 2.24) is 0 Å². The highest BCUT2D eigenvalue weighted by atomic mass is 16.5. The highest BCUT2D eigenvalue weighted by molar-refractivity contribution is 6.03. The fourth-order valence-corrected chi connectivity index (χ4v) is 3.78. The molecule has 3 rings (SSSR count). The zero-order valence-electron chi connectivity index (χ0n) is 21.5. The van der Waals surface area contributed by atoms with Crippen LogP contribution in [0.25, 0.3) is 0 Å². The third-order valence-corrected chi connectivity index (χ3v) is 5.77. The molecule has 3 amide bonds. The zero-order chi connectivity index (χ0) is 25.8. The van der Waals surface area contributed by atoms with E-state index in [1.165, 1.54) is 21.3 Å². The first kappa shape index (κ1) is 26.0. The summed E-state index contributed by atoms with van der Waals surface area (Å²) in [5.74, 6) is 2.32. The minimum absolute atomic E-state index is 0.00377. The molecular formula is C26H35N3O6. The van der Waals surface area contributed by atoms with Crippen LogP contribution in [-0.4, -0.2) is 46.4 Å². The van der Waals surface area contributed by atoms with Crippen molar-refractivity contribution in [2.45, 2.75) is 34.1 Å². The molecule has 1 heterocycles. The summed E-state index contributed by atoms with van der Waals surface area (Å²) in [5.41, 5.74) is 0.977. The van der Waals surface area contributed by atoms with Gasteiger partial charge in [-0.1, -0.05) is 13.8 Å². The van der Waals surface area contributed by atoms with Gasteiger partial charge in [0.25, 0.3) is 0 Å².